The molecule has 0 aromatic heterocycles. The van der Waals surface area contributed by atoms with E-state index in [2.05, 4.69) is 44.3 Å². The quantitative estimate of drug-likeness (QED) is 0.854. The molecule has 1 atom stereocenters. The summed E-state index contributed by atoms with van der Waals surface area (Å²) in [4.78, 5) is 26.7. The van der Waals surface area contributed by atoms with Crippen LogP contribution in [-0.4, -0.2) is 29.8 Å². The second-order valence-corrected chi connectivity index (χ2v) is 8.13. The number of likely N-dealkylation sites (tertiary alicyclic amines) is 1. The molecule has 0 aliphatic carbocycles. The van der Waals surface area contributed by atoms with E-state index in [1.165, 1.54) is 11.1 Å². The third-order valence-corrected chi connectivity index (χ3v) is 5.31. The lowest BCUT2D eigenvalue weighted by atomic mass is 9.84. The van der Waals surface area contributed by atoms with Gasteiger partial charge in [0.15, 0.2) is 0 Å². The summed E-state index contributed by atoms with van der Waals surface area (Å²) in [6.45, 7) is 7.94. The number of rotatable bonds is 6. The molecule has 142 valence electrons. The number of hydrogen-bond acceptors (Lipinski definition) is 2. The predicted molar refractivity (Wildman–Crippen MR) is 107 cm³/mol. The van der Waals surface area contributed by atoms with Gasteiger partial charge in [-0.25, -0.2) is 0 Å². The number of carbonyl (C=O) groups is 2. The van der Waals surface area contributed by atoms with Gasteiger partial charge in [0.1, 0.15) is 0 Å². The molecule has 4 heteroatoms. The van der Waals surface area contributed by atoms with Crippen LogP contribution in [0.1, 0.15) is 37.0 Å². The highest BCUT2D eigenvalue weighted by Crippen LogP contribution is 2.24. The summed E-state index contributed by atoms with van der Waals surface area (Å²) in [7, 11) is 0. The molecule has 1 fully saturated rings. The molecule has 1 aliphatic heterocycles. The Hall–Kier alpha value is -2.62. The molecule has 0 saturated carbocycles. The molecule has 1 saturated heterocycles. The zero-order valence-corrected chi connectivity index (χ0v) is 16.4. The smallest absolute Gasteiger partial charge is 0.225 e. The van der Waals surface area contributed by atoms with E-state index in [4.69, 9.17) is 0 Å². The van der Waals surface area contributed by atoms with E-state index >= 15 is 0 Å². The Labute approximate surface area is 161 Å². The maximum atomic E-state index is 12.6. The molecule has 2 aromatic rings. The Kier molecular flexibility index (Phi) is 5.64. The van der Waals surface area contributed by atoms with Gasteiger partial charge in [0.05, 0.1) is 5.92 Å². The van der Waals surface area contributed by atoms with Gasteiger partial charge in [0.2, 0.25) is 11.8 Å². The van der Waals surface area contributed by atoms with Gasteiger partial charge in [-0.2, -0.15) is 0 Å². The van der Waals surface area contributed by atoms with E-state index in [9.17, 15) is 9.59 Å². The molecular weight excluding hydrogens is 336 g/mol. The molecule has 3 rings (SSSR count). The van der Waals surface area contributed by atoms with Gasteiger partial charge >= 0.3 is 0 Å². The summed E-state index contributed by atoms with van der Waals surface area (Å²) in [5.74, 6) is -0.244. The van der Waals surface area contributed by atoms with E-state index in [0.717, 1.165) is 5.56 Å². The molecule has 1 N–H and O–H groups in total. The SMILES string of the molecule is Cc1cccc(C(C)(C)CNC(=O)C2CC(=O)N(Cc3ccccc3)C2)c1. The maximum Gasteiger partial charge on any atom is 0.225 e. The molecule has 1 heterocycles. The summed E-state index contributed by atoms with van der Waals surface area (Å²) >= 11 is 0. The molecule has 0 radical (unpaired) electrons. The number of nitrogens with one attached hydrogen (secondary N) is 1. The van der Waals surface area contributed by atoms with Crippen LogP contribution in [0.4, 0.5) is 0 Å². The van der Waals surface area contributed by atoms with Crippen molar-refractivity contribution in [2.75, 3.05) is 13.1 Å². The number of nitrogens with zero attached hydrogens (tertiary/aromatic N) is 1. The Bertz CT molecular complexity index is 814. The lowest BCUT2D eigenvalue weighted by Gasteiger charge is -2.27. The van der Waals surface area contributed by atoms with Gasteiger partial charge in [-0.1, -0.05) is 74.0 Å². The zero-order chi connectivity index (χ0) is 19.4. The standard InChI is InChI=1S/C23H28N2O2/c1-17-8-7-11-20(12-17)23(2,3)16-24-22(27)19-13-21(26)25(15-19)14-18-9-5-4-6-10-18/h4-12,19H,13-16H2,1-3H3,(H,24,27). The van der Waals surface area contributed by atoms with Crippen molar-refractivity contribution in [3.8, 4) is 0 Å². The molecule has 2 aromatic carbocycles. The van der Waals surface area contributed by atoms with E-state index in [-0.39, 0.29) is 23.1 Å². The molecular formula is C23H28N2O2. The van der Waals surface area contributed by atoms with Crippen molar-refractivity contribution in [3.63, 3.8) is 0 Å². The Morgan fingerprint density at radius 2 is 1.89 bits per heavy atom. The van der Waals surface area contributed by atoms with Gasteiger partial charge in [0, 0.05) is 31.5 Å². The second-order valence-electron chi connectivity index (χ2n) is 8.13. The average Bonchev–Trinajstić information content (AvgIpc) is 3.01. The summed E-state index contributed by atoms with van der Waals surface area (Å²) in [5, 5.41) is 3.07. The minimum atomic E-state index is -0.269. The monoisotopic (exact) mass is 364 g/mol. The van der Waals surface area contributed by atoms with Gasteiger partial charge < -0.3 is 10.2 Å². The summed E-state index contributed by atoms with van der Waals surface area (Å²) in [5.41, 5.74) is 3.35. The van der Waals surface area contributed by atoms with Crippen molar-refractivity contribution < 1.29 is 9.59 Å². The largest absolute Gasteiger partial charge is 0.355 e. The highest BCUT2D eigenvalue weighted by molar-refractivity contribution is 5.89. The Morgan fingerprint density at radius 1 is 1.15 bits per heavy atom. The van der Waals surface area contributed by atoms with Gasteiger partial charge in [-0.3, -0.25) is 9.59 Å². The predicted octanol–water partition coefficient (Wildman–Crippen LogP) is 3.44. The van der Waals surface area contributed by atoms with E-state index in [0.29, 0.717) is 26.1 Å². The topological polar surface area (TPSA) is 49.4 Å². The van der Waals surface area contributed by atoms with Gasteiger partial charge in [-0.15, -0.1) is 0 Å². The molecule has 1 aliphatic rings. The van der Waals surface area contributed by atoms with Crippen LogP contribution in [0.5, 0.6) is 0 Å². The van der Waals surface area contributed by atoms with E-state index in [1.807, 2.05) is 36.4 Å². The molecule has 0 bridgehead atoms. The van der Waals surface area contributed by atoms with Gasteiger partial charge in [-0.05, 0) is 18.1 Å². The van der Waals surface area contributed by atoms with E-state index in [1.54, 1.807) is 4.90 Å². The van der Waals surface area contributed by atoms with Crippen molar-refractivity contribution in [1.29, 1.82) is 0 Å². The van der Waals surface area contributed by atoms with Crippen LogP contribution in [-0.2, 0) is 21.5 Å². The van der Waals surface area contributed by atoms with Crippen molar-refractivity contribution >= 4 is 11.8 Å². The second kappa shape index (κ2) is 7.95. The first-order chi connectivity index (χ1) is 12.8. The lowest BCUT2D eigenvalue weighted by Crippen LogP contribution is -2.40. The Morgan fingerprint density at radius 3 is 2.59 bits per heavy atom. The first-order valence-corrected chi connectivity index (χ1v) is 9.52. The number of amides is 2. The summed E-state index contributed by atoms with van der Waals surface area (Å²) < 4.78 is 0. The summed E-state index contributed by atoms with van der Waals surface area (Å²) in [6.07, 6.45) is 0.295. The lowest BCUT2D eigenvalue weighted by molar-refractivity contribution is -0.129. The van der Waals surface area contributed by atoms with E-state index < -0.39 is 0 Å². The van der Waals surface area contributed by atoms with Crippen LogP contribution in [0.3, 0.4) is 0 Å². The van der Waals surface area contributed by atoms with Gasteiger partial charge in [0.25, 0.3) is 0 Å². The molecule has 27 heavy (non-hydrogen) atoms. The van der Waals surface area contributed by atoms with Crippen LogP contribution in [0.15, 0.2) is 54.6 Å². The molecule has 0 spiro atoms. The highest BCUT2D eigenvalue weighted by Gasteiger charge is 2.34. The third-order valence-electron chi connectivity index (χ3n) is 5.31. The number of aryl methyl sites for hydroxylation is 1. The summed E-state index contributed by atoms with van der Waals surface area (Å²) in [6, 6.07) is 18.3. The minimum absolute atomic E-state index is 0.0281. The number of hydrogen-bond donors (Lipinski definition) is 1. The number of benzene rings is 2. The first kappa shape index (κ1) is 19.2. The number of carbonyl (C=O) groups excluding carboxylic acids is 2. The van der Waals surface area contributed by atoms with Crippen LogP contribution in [0, 0.1) is 12.8 Å². The fourth-order valence-corrected chi connectivity index (χ4v) is 3.52. The highest BCUT2D eigenvalue weighted by atomic mass is 16.2. The molecule has 4 nitrogen and oxygen atoms in total. The van der Waals surface area contributed by atoms with Crippen LogP contribution >= 0.6 is 0 Å². The maximum absolute atomic E-state index is 12.6. The normalized spacial score (nSPS) is 17.2. The first-order valence-electron chi connectivity index (χ1n) is 9.52. The van der Waals surface area contributed by atoms with Crippen molar-refractivity contribution in [1.82, 2.24) is 10.2 Å². The average molecular weight is 364 g/mol. The minimum Gasteiger partial charge on any atom is -0.355 e. The fraction of sp³-hybridized carbons (Fsp3) is 0.391. The van der Waals surface area contributed by atoms with Crippen molar-refractivity contribution in [2.24, 2.45) is 5.92 Å². The third kappa shape index (κ3) is 4.76. The van der Waals surface area contributed by atoms with Crippen LogP contribution in [0.2, 0.25) is 0 Å². The zero-order valence-electron chi connectivity index (χ0n) is 16.4. The van der Waals surface area contributed by atoms with Crippen LogP contribution < -0.4 is 5.32 Å². The molecule has 2 amide bonds. The van der Waals surface area contributed by atoms with Crippen molar-refractivity contribution in [2.45, 2.75) is 39.2 Å². The Balaban J connectivity index is 1.56. The fourth-order valence-electron chi connectivity index (χ4n) is 3.52. The molecule has 1 unspecified atom stereocenters. The van der Waals surface area contributed by atoms with Crippen LogP contribution in [0.25, 0.3) is 0 Å². The van der Waals surface area contributed by atoms with Crippen molar-refractivity contribution in [3.05, 3.63) is 71.3 Å².